The number of nitrogens with zero attached hydrogens (tertiary/aromatic N) is 1. The predicted octanol–water partition coefficient (Wildman–Crippen LogP) is 4.13. The van der Waals surface area contributed by atoms with Gasteiger partial charge in [0.1, 0.15) is 11.4 Å². The van der Waals surface area contributed by atoms with Crippen LogP contribution in [0, 0.1) is 0 Å². The summed E-state index contributed by atoms with van der Waals surface area (Å²) >= 11 is 0. The SMILES string of the molecule is CC(=O)N1CCC2(CC1)CC(CC(=O)N[C@@H]1CCc3ccccc31)c1ccccc1O2. The maximum Gasteiger partial charge on any atom is 0.221 e. The largest absolute Gasteiger partial charge is 0.487 e. The Balaban J connectivity index is 1.31. The number of fused-ring (bicyclic) bond motifs is 2. The predicted molar refractivity (Wildman–Crippen MR) is 119 cm³/mol. The van der Waals surface area contributed by atoms with E-state index in [0.29, 0.717) is 6.42 Å². The molecular weight excluding hydrogens is 388 g/mol. The van der Waals surface area contributed by atoms with Gasteiger partial charge in [0.15, 0.2) is 0 Å². The van der Waals surface area contributed by atoms with Crippen molar-refractivity contribution in [3.05, 3.63) is 65.2 Å². The number of carbonyl (C=O) groups excluding carboxylic acids is 2. The van der Waals surface area contributed by atoms with Crippen molar-refractivity contribution in [2.45, 2.75) is 63.0 Å². The maximum atomic E-state index is 13.1. The van der Waals surface area contributed by atoms with Gasteiger partial charge in [-0.05, 0) is 42.0 Å². The molecule has 2 atom stereocenters. The third-order valence-electron chi connectivity index (χ3n) is 7.32. The van der Waals surface area contributed by atoms with Gasteiger partial charge in [0, 0.05) is 45.2 Å². The molecule has 2 heterocycles. The molecule has 1 aliphatic carbocycles. The van der Waals surface area contributed by atoms with Crippen LogP contribution in [-0.2, 0) is 16.0 Å². The number of hydrogen-bond donors (Lipinski definition) is 1. The van der Waals surface area contributed by atoms with E-state index in [0.717, 1.165) is 56.5 Å². The second kappa shape index (κ2) is 8.03. The lowest BCUT2D eigenvalue weighted by Crippen LogP contribution is -2.51. The van der Waals surface area contributed by atoms with E-state index in [1.807, 2.05) is 23.1 Å². The summed E-state index contributed by atoms with van der Waals surface area (Å²) in [6.07, 6.45) is 4.92. The molecule has 2 aromatic carbocycles. The minimum atomic E-state index is -0.286. The molecular formula is C26H30N2O3. The smallest absolute Gasteiger partial charge is 0.221 e. The van der Waals surface area contributed by atoms with Crippen molar-refractivity contribution >= 4 is 11.8 Å². The molecule has 1 saturated heterocycles. The summed E-state index contributed by atoms with van der Waals surface area (Å²) in [5.74, 6) is 1.26. The summed E-state index contributed by atoms with van der Waals surface area (Å²) in [7, 11) is 0. The number of aryl methyl sites for hydroxylation is 1. The Bertz CT molecular complexity index is 994. The van der Waals surface area contributed by atoms with E-state index in [2.05, 4.69) is 35.6 Å². The van der Waals surface area contributed by atoms with Crippen LogP contribution in [0.3, 0.4) is 0 Å². The molecule has 1 unspecified atom stereocenters. The number of piperidine rings is 1. The van der Waals surface area contributed by atoms with E-state index >= 15 is 0 Å². The third kappa shape index (κ3) is 3.93. The summed E-state index contributed by atoms with van der Waals surface area (Å²) in [5, 5.41) is 3.29. The first kappa shape index (κ1) is 20.1. The third-order valence-corrected chi connectivity index (χ3v) is 7.32. The molecule has 5 heteroatoms. The first-order chi connectivity index (χ1) is 15.0. The van der Waals surface area contributed by atoms with Gasteiger partial charge in [-0.1, -0.05) is 42.5 Å². The average molecular weight is 419 g/mol. The van der Waals surface area contributed by atoms with Crippen LogP contribution in [0.5, 0.6) is 5.75 Å². The molecule has 2 aliphatic heterocycles. The van der Waals surface area contributed by atoms with Gasteiger partial charge in [-0.3, -0.25) is 9.59 Å². The van der Waals surface area contributed by atoms with E-state index in [9.17, 15) is 9.59 Å². The first-order valence-electron chi connectivity index (χ1n) is 11.4. The molecule has 1 fully saturated rings. The summed E-state index contributed by atoms with van der Waals surface area (Å²) in [4.78, 5) is 26.8. The van der Waals surface area contributed by atoms with E-state index in [1.54, 1.807) is 6.92 Å². The molecule has 3 aliphatic rings. The van der Waals surface area contributed by atoms with Gasteiger partial charge in [-0.25, -0.2) is 0 Å². The highest BCUT2D eigenvalue weighted by Crippen LogP contribution is 2.46. The van der Waals surface area contributed by atoms with E-state index in [1.165, 1.54) is 11.1 Å². The monoisotopic (exact) mass is 418 g/mol. The minimum Gasteiger partial charge on any atom is -0.487 e. The summed E-state index contributed by atoms with van der Waals surface area (Å²) in [6, 6.07) is 16.7. The van der Waals surface area contributed by atoms with Crippen LogP contribution in [0.15, 0.2) is 48.5 Å². The highest BCUT2D eigenvalue weighted by Gasteiger charge is 2.44. The topological polar surface area (TPSA) is 58.6 Å². The number of hydrogen-bond acceptors (Lipinski definition) is 3. The van der Waals surface area contributed by atoms with Gasteiger partial charge in [0.05, 0.1) is 6.04 Å². The van der Waals surface area contributed by atoms with Crippen LogP contribution in [0.25, 0.3) is 0 Å². The van der Waals surface area contributed by atoms with Gasteiger partial charge >= 0.3 is 0 Å². The number of carbonyl (C=O) groups is 2. The Kier molecular flexibility index (Phi) is 5.20. The fraction of sp³-hybridized carbons (Fsp3) is 0.462. The molecule has 5 nitrogen and oxygen atoms in total. The molecule has 31 heavy (non-hydrogen) atoms. The fourth-order valence-corrected chi connectivity index (χ4v) is 5.65. The first-order valence-corrected chi connectivity index (χ1v) is 11.4. The van der Waals surface area contributed by atoms with Gasteiger partial charge in [0.25, 0.3) is 0 Å². The molecule has 162 valence electrons. The Morgan fingerprint density at radius 3 is 2.55 bits per heavy atom. The number of amides is 2. The van der Waals surface area contributed by atoms with Crippen LogP contribution in [0.1, 0.15) is 67.7 Å². The maximum absolute atomic E-state index is 13.1. The molecule has 1 spiro atoms. The van der Waals surface area contributed by atoms with E-state index < -0.39 is 0 Å². The fourth-order valence-electron chi connectivity index (χ4n) is 5.65. The number of nitrogens with one attached hydrogen (secondary N) is 1. The quantitative estimate of drug-likeness (QED) is 0.816. The molecule has 5 rings (SSSR count). The van der Waals surface area contributed by atoms with Crippen molar-refractivity contribution in [1.82, 2.24) is 10.2 Å². The lowest BCUT2D eigenvalue weighted by atomic mass is 9.76. The lowest BCUT2D eigenvalue weighted by molar-refractivity contribution is -0.132. The van der Waals surface area contributed by atoms with Crippen molar-refractivity contribution in [1.29, 1.82) is 0 Å². The van der Waals surface area contributed by atoms with E-state index in [4.69, 9.17) is 4.74 Å². The van der Waals surface area contributed by atoms with Crippen molar-refractivity contribution in [3.8, 4) is 5.75 Å². The van der Waals surface area contributed by atoms with Crippen molar-refractivity contribution < 1.29 is 14.3 Å². The van der Waals surface area contributed by atoms with Gasteiger partial charge in [0.2, 0.25) is 11.8 Å². The zero-order valence-electron chi connectivity index (χ0n) is 18.1. The Labute approximate surface area is 183 Å². The summed E-state index contributed by atoms with van der Waals surface area (Å²) in [6.45, 7) is 3.06. The van der Waals surface area contributed by atoms with E-state index in [-0.39, 0.29) is 29.4 Å². The molecule has 0 saturated carbocycles. The normalized spacial score (nSPS) is 23.6. The van der Waals surface area contributed by atoms with Gasteiger partial charge in [-0.2, -0.15) is 0 Å². The highest BCUT2D eigenvalue weighted by molar-refractivity contribution is 5.78. The highest BCUT2D eigenvalue weighted by atomic mass is 16.5. The number of rotatable bonds is 3. The average Bonchev–Trinajstić information content (AvgIpc) is 3.17. The van der Waals surface area contributed by atoms with Crippen molar-refractivity contribution in [2.24, 2.45) is 0 Å². The van der Waals surface area contributed by atoms with Crippen molar-refractivity contribution in [2.75, 3.05) is 13.1 Å². The summed E-state index contributed by atoms with van der Waals surface area (Å²) < 4.78 is 6.51. The standard InChI is InChI=1S/C26H30N2O3/c1-18(29)28-14-12-26(13-15-28)17-20(22-8-4-5-9-24(22)31-26)16-25(30)27-23-11-10-19-6-2-3-7-21(19)23/h2-9,20,23H,10-17H2,1H3,(H,27,30)/t20?,23-/m1/s1. The lowest BCUT2D eigenvalue weighted by Gasteiger charge is -2.46. The molecule has 2 amide bonds. The Morgan fingerprint density at radius 1 is 1.06 bits per heavy atom. The zero-order valence-corrected chi connectivity index (χ0v) is 18.1. The minimum absolute atomic E-state index is 0.111. The van der Waals surface area contributed by atoms with Gasteiger partial charge < -0.3 is 15.0 Å². The van der Waals surface area contributed by atoms with Gasteiger partial charge in [-0.15, -0.1) is 0 Å². The molecule has 0 aromatic heterocycles. The van der Waals surface area contributed by atoms with Crippen LogP contribution < -0.4 is 10.1 Å². The molecule has 0 bridgehead atoms. The Hall–Kier alpha value is -2.82. The molecule has 0 radical (unpaired) electrons. The van der Waals surface area contributed by atoms with Crippen LogP contribution in [0.2, 0.25) is 0 Å². The molecule has 2 aromatic rings. The second-order valence-corrected chi connectivity index (χ2v) is 9.29. The zero-order chi connectivity index (χ0) is 21.4. The van der Waals surface area contributed by atoms with Crippen molar-refractivity contribution in [3.63, 3.8) is 0 Å². The van der Waals surface area contributed by atoms with Crippen LogP contribution in [-0.4, -0.2) is 35.4 Å². The Morgan fingerprint density at radius 2 is 1.77 bits per heavy atom. The van der Waals surface area contributed by atoms with Crippen LogP contribution >= 0.6 is 0 Å². The second-order valence-electron chi connectivity index (χ2n) is 9.29. The number of benzene rings is 2. The number of ether oxygens (including phenoxy) is 1. The number of likely N-dealkylation sites (tertiary alicyclic amines) is 1. The summed E-state index contributed by atoms with van der Waals surface area (Å²) in [5.41, 5.74) is 3.45. The van der Waals surface area contributed by atoms with Crippen LogP contribution in [0.4, 0.5) is 0 Å². The number of para-hydroxylation sites is 1. The molecule has 1 N–H and O–H groups in total.